The van der Waals surface area contributed by atoms with Crippen molar-refractivity contribution in [2.24, 2.45) is 7.05 Å². The molecule has 0 spiro atoms. The van der Waals surface area contributed by atoms with Crippen molar-refractivity contribution in [1.29, 1.82) is 0 Å². The van der Waals surface area contributed by atoms with E-state index in [1.54, 1.807) is 11.6 Å². The molecule has 0 aliphatic heterocycles. The molecule has 15 heavy (non-hydrogen) atoms. The molecule has 2 rings (SSSR count). The molecule has 1 aromatic carbocycles. The zero-order valence-corrected chi connectivity index (χ0v) is 10.6. The van der Waals surface area contributed by atoms with Gasteiger partial charge in [0, 0.05) is 11.5 Å². The van der Waals surface area contributed by atoms with Gasteiger partial charge >= 0.3 is 5.69 Å². The van der Waals surface area contributed by atoms with Crippen LogP contribution in [0.25, 0.3) is 11.0 Å². The van der Waals surface area contributed by atoms with E-state index in [-0.39, 0.29) is 5.69 Å². The summed E-state index contributed by atoms with van der Waals surface area (Å²) >= 11 is 3.45. The van der Waals surface area contributed by atoms with Crippen LogP contribution in [0.1, 0.15) is 25.3 Å². The first-order chi connectivity index (χ1) is 7.00. The fraction of sp³-hybridized carbons (Fsp3) is 0.364. The van der Waals surface area contributed by atoms with Crippen LogP contribution in [0.2, 0.25) is 0 Å². The summed E-state index contributed by atoms with van der Waals surface area (Å²) in [6, 6.07) is 4.00. The lowest BCUT2D eigenvalue weighted by Gasteiger charge is -2.09. The second-order valence-electron chi connectivity index (χ2n) is 4.04. The number of fused-ring (bicyclic) bond motifs is 1. The van der Waals surface area contributed by atoms with Crippen molar-refractivity contribution in [2.45, 2.75) is 19.8 Å². The Morgan fingerprint density at radius 1 is 1.40 bits per heavy atom. The smallest absolute Gasteiger partial charge is 0.305 e. The van der Waals surface area contributed by atoms with Crippen LogP contribution in [0, 0.1) is 0 Å². The molecule has 1 N–H and O–H groups in total. The number of hydrogen-bond donors (Lipinski definition) is 1. The average molecular weight is 269 g/mol. The summed E-state index contributed by atoms with van der Waals surface area (Å²) in [7, 11) is 1.79. The maximum absolute atomic E-state index is 11.5. The summed E-state index contributed by atoms with van der Waals surface area (Å²) in [5, 5.41) is 0. The third-order valence-electron chi connectivity index (χ3n) is 2.61. The normalized spacial score (nSPS) is 11.5. The van der Waals surface area contributed by atoms with Crippen LogP contribution in [0.3, 0.4) is 0 Å². The number of imidazole rings is 1. The summed E-state index contributed by atoms with van der Waals surface area (Å²) in [6.45, 7) is 4.25. The molecule has 0 unspecified atom stereocenters. The summed E-state index contributed by atoms with van der Waals surface area (Å²) < 4.78 is 2.66. The topological polar surface area (TPSA) is 37.8 Å². The molecule has 1 aromatic heterocycles. The van der Waals surface area contributed by atoms with Crippen LogP contribution >= 0.6 is 15.9 Å². The number of nitrogens with zero attached hydrogens (tertiary/aromatic N) is 1. The molecule has 0 saturated heterocycles. The molecule has 80 valence electrons. The van der Waals surface area contributed by atoms with Gasteiger partial charge in [-0.1, -0.05) is 29.8 Å². The number of rotatable bonds is 1. The maximum Gasteiger partial charge on any atom is 0.326 e. The van der Waals surface area contributed by atoms with Crippen molar-refractivity contribution in [2.75, 3.05) is 0 Å². The van der Waals surface area contributed by atoms with E-state index in [1.165, 1.54) is 5.56 Å². The molecule has 2 aromatic rings. The molecule has 1 heterocycles. The maximum atomic E-state index is 11.5. The number of halogens is 1. The molecule has 0 saturated carbocycles. The first kappa shape index (κ1) is 10.5. The Kier molecular flexibility index (Phi) is 2.46. The van der Waals surface area contributed by atoms with Crippen LogP contribution in [-0.2, 0) is 7.05 Å². The van der Waals surface area contributed by atoms with E-state index < -0.39 is 0 Å². The van der Waals surface area contributed by atoms with E-state index >= 15 is 0 Å². The fourth-order valence-corrected chi connectivity index (χ4v) is 2.31. The van der Waals surface area contributed by atoms with Gasteiger partial charge < -0.3 is 4.98 Å². The Labute approximate surface area is 96.2 Å². The Bertz CT molecular complexity index is 566. The Hall–Kier alpha value is -1.03. The highest BCUT2D eigenvalue weighted by atomic mass is 79.9. The van der Waals surface area contributed by atoms with Gasteiger partial charge in [-0.25, -0.2) is 4.79 Å². The average Bonchev–Trinajstić information content (AvgIpc) is 2.41. The van der Waals surface area contributed by atoms with Crippen LogP contribution in [0.4, 0.5) is 0 Å². The zero-order valence-electron chi connectivity index (χ0n) is 8.97. The number of aromatic amines is 1. The van der Waals surface area contributed by atoms with Gasteiger partial charge in [0.2, 0.25) is 0 Å². The van der Waals surface area contributed by atoms with Crippen molar-refractivity contribution >= 4 is 27.0 Å². The van der Waals surface area contributed by atoms with Gasteiger partial charge in [0.15, 0.2) is 0 Å². The summed E-state index contributed by atoms with van der Waals surface area (Å²) in [4.78, 5) is 14.4. The first-order valence-corrected chi connectivity index (χ1v) is 5.68. The molecule has 0 atom stereocenters. The van der Waals surface area contributed by atoms with Crippen LogP contribution in [-0.4, -0.2) is 9.55 Å². The highest BCUT2D eigenvalue weighted by molar-refractivity contribution is 9.10. The van der Waals surface area contributed by atoms with Gasteiger partial charge in [-0.15, -0.1) is 0 Å². The lowest BCUT2D eigenvalue weighted by molar-refractivity contribution is 0.841. The number of hydrogen-bond acceptors (Lipinski definition) is 1. The van der Waals surface area contributed by atoms with Crippen molar-refractivity contribution in [3.05, 3.63) is 32.7 Å². The van der Waals surface area contributed by atoms with Crippen LogP contribution in [0.5, 0.6) is 0 Å². The van der Waals surface area contributed by atoms with Crippen molar-refractivity contribution in [1.82, 2.24) is 9.55 Å². The minimum absolute atomic E-state index is 0.0648. The lowest BCUT2D eigenvalue weighted by atomic mass is 10.0. The van der Waals surface area contributed by atoms with E-state index in [4.69, 9.17) is 0 Å². The third kappa shape index (κ3) is 1.63. The summed E-state index contributed by atoms with van der Waals surface area (Å²) in [6.07, 6.45) is 0. The predicted octanol–water partition coefficient (Wildman–Crippen LogP) is 2.75. The van der Waals surface area contributed by atoms with Gasteiger partial charge in [0.25, 0.3) is 0 Å². The zero-order chi connectivity index (χ0) is 11.2. The van der Waals surface area contributed by atoms with E-state index in [9.17, 15) is 4.79 Å². The Balaban J connectivity index is 2.94. The molecule has 0 aliphatic rings. The van der Waals surface area contributed by atoms with E-state index in [1.807, 2.05) is 6.07 Å². The van der Waals surface area contributed by atoms with Gasteiger partial charge in [0.1, 0.15) is 0 Å². The SMILES string of the molecule is CC(C)c1cc(Br)cc2[nH]c(=O)n(C)c12. The molecular formula is C11H13BrN2O. The second-order valence-corrected chi connectivity index (χ2v) is 4.95. The summed E-state index contributed by atoms with van der Waals surface area (Å²) in [5.74, 6) is 0.395. The molecule has 4 heteroatoms. The van der Waals surface area contributed by atoms with Gasteiger partial charge in [0.05, 0.1) is 11.0 Å². The highest BCUT2D eigenvalue weighted by Gasteiger charge is 2.12. The van der Waals surface area contributed by atoms with E-state index in [0.717, 1.165) is 15.5 Å². The van der Waals surface area contributed by atoms with Crippen LogP contribution in [0.15, 0.2) is 21.4 Å². The standard InChI is InChI=1S/C11H13BrN2O/c1-6(2)8-4-7(12)5-9-10(8)14(3)11(15)13-9/h4-6H,1-3H3,(H,13,15). The van der Waals surface area contributed by atoms with E-state index in [2.05, 4.69) is 40.8 Å². The van der Waals surface area contributed by atoms with Crippen LogP contribution < -0.4 is 5.69 Å². The fourth-order valence-electron chi connectivity index (χ4n) is 1.83. The van der Waals surface area contributed by atoms with E-state index in [0.29, 0.717) is 5.92 Å². The highest BCUT2D eigenvalue weighted by Crippen LogP contribution is 2.27. The second kappa shape index (κ2) is 3.52. The third-order valence-corrected chi connectivity index (χ3v) is 3.07. The molecule has 0 amide bonds. The monoisotopic (exact) mass is 268 g/mol. The molecular weight excluding hydrogens is 256 g/mol. The predicted molar refractivity (Wildman–Crippen MR) is 65.3 cm³/mol. The Morgan fingerprint density at radius 3 is 2.67 bits per heavy atom. The van der Waals surface area contributed by atoms with Gasteiger partial charge in [-0.05, 0) is 23.6 Å². The minimum Gasteiger partial charge on any atom is -0.305 e. The van der Waals surface area contributed by atoms with Crippen molar-refractivity contribution < 1.29 is 0 Å². The number of nitrogens with one attached hydrogen (secondary N) is 1. The largest absolute Gasteiger partial charge is 0.326 e. The molecule has 0 bridgehead atoms. The molecule has 3 nitrogen and oxygen atoms in total. The minimum atomic E-state index is -0.0648. The number of aromatic nitrogens is 2. The van der Waals surface area contributed by atoms with Crippen molar-refractivity contribution in [3.63, 3.8) is 0 Å². The number of benzene rings is 1. The Morgan fingerprint density at radius 2 is 2.07 bits per heavy atom. The summed E-state index contributed by atoms with van der Waals surface area (Å²) in [5.41, 5.74) is 3.00. The van der Waals surface area contributed by atoms with Crippen molar-refractivity contribution in [3.8, 4) is 0 Å². The van der Waals surface area contributed by atoms with Gasteiger partial charge in [-0.3, -0.25) is 4.57 Å². The molecule has 0 aliphatic carbocycles. The first-order valence-electron chi connectivity index (χ1n) is 4.89. The quantitative estimate of drug-likeness (QED) is 0.849. The number of aryl methyl sites for hydroxylation is 1. The number of H-pyrrole nitrogens is 1. The lowest BCUT2D eigenvalue weighted by Crippen LogP contribution is -2.12. The molecule has 0 radical (unpaired) electrons. The molecule has 0 fully saturated rings. The van der Waals surface area contributed by atoms with Gasteiger partial charge in [-0.2, -0.15) is 0 Å².